The Morgan fingerprint density at radius 3 is 2.77 bits per heavy atom. The molecule has 9 heteroatoms. The van der Waals surface area contributed by atoms with Crippen LogP contribution in [0.1, 0.15) is 18.5 Å². The highest BCUT2D eigenvalue weighted by molar-refractivity contribution is 6.35. The Morgan fingerprint density at radius 2 is 1.93 bits per heavy atom. The van der Waals surface area contributed by atoms with E-state index in [2.05, 4.69) is 30.2 Å². The number of imidazole rings is 1. The van der Waals surface area contributed by atoms with Gasteiger partial charge in [-0.15, -0.1) is 0 Å². The van der Waals surface area contributed by atoms with Gasteiger partial charge in [0.05, 0.1) is 34.3 Å². The van der Waals surface area contributed by atoms with Crippen LogP contribution in [0.5, 0.6) is 0 Å². The van der Waals surface area contributed by atoms with E-state index in [-0.39, 0.29) is 6.04 Å². The highest BCUT2D eigenvalue weighted by atomic mass is 35.5. The zero-order valence-corrected chi connectivity index (χ0v) is 16.5. The Balaban J connectivity index is 1.66. The average molecular weight is 420 g/mol. The molecule has 7 nitrogen and oxygen atoms in total. The van der Waals surface area contributed by atoms with Crippen molar-refractivity contribution < 1.29 is 4.39 Å². The molecular formula is C21H15ClFN7. The maximum Gasteiger partial charge on any atom is 0.312 e. The predicted octanol–water partition coefficient (Wildman–Crippen LogP) is 4.93. The third-order valence-electron chi connectivity index (χ3n) is 4.80. The number of fused-ring (bicyclic) bond motifs is 2. The van der Waals surface area contributed by atoms with Gasteiger partial charge < -0.3 is 10.3 Å². The molecule has 4 aromatic heterocycles. The molecule has 5 rings (SSSR count). The van der Waals surface area contributed by atoms with Gasteiger partial charge in [0.15, 0.2) is 11.5 Å². The summed E-state index contributed by atoms with van der Waals surface area (Å²) < 4.78 is 13.9. The maximum absolute atomic E-state index is 13.9. The Hall–Kier alpha value is -3.65. The lowest BCUT2D eigenvalue weighted by atomic mass is 10.0. The first-order valence-electron chi connectivity index (χ1n) is 9.24. The SMILES string of the molecule is CC(Nc1nc(F)nc2[nH]cnc12)c1cc2cccc(Cl)c2nc1-c1ccccn1. The van der Waals surface area contributed by atoms with Crippen molar-refractivity contribution in [3.05, 3.63) is 71.7 Å². The van der Waals surface area contributed by atoms with Gasteiger partial charge in [-0.25, -0.2) is 9.97 Å². The molecule has 1 aromatic carbocycles. The molecular weight excluding hydrogens is 405 g/mol. The van der Waals surface area contributed by atoms with Crippen molar-refractivity contribution in [3.63, 3.8) is 0 Å². The highest BCUT2D eigenvalue weighted by Gasteiger charge is 2.19. The molecule has 0 amide bonds. The molecule has 0 spiro atoms. The zero-order chi connectivity index (χ0) is 20.7. The van der Waals surface area contributed by atoms with Crippen molar-refractivity contribution in [2.45, 2.75) is 13.0 Å². The minimum Gasteiger partial charge on any atom is -0.361 e. The van der Waals surface area contributed by atoms with E-state index in [0.717, 1.165) is 10.9 Å². The zero-order valence-electron chi connectivity index (χ0n) is 15.8. The van der Waals surface area contributed by atoms with E-state index in [4.69, 9.17) is 16.6 Å². The molecule has 0 saturated heterocycles. The fourth-order valence-corrected chi connectivity index (χ4v) is 3.63. The average Bonchev–Trinajstić information content (AvgIpc) is 3.22. The standard InChI is InChI=1S/C21H15ClFN7/c1-11(27-20-18-19(26-10-25-18)29-21(23)30-20)13-9-12-5-4-6-14(22)16(12)28-17(13)15-7-2-3-8-24-15/h2-11H,1H3,(H2,25,26,27,29,30). The Labute approximate surface area is 175 Å². The van der Waals surface area contributed by atoms with Crippen LogP contribution < -0.4 is 5.32 Å². The number of hydrogen-bond acceptors (Lipinski definition) is 6. The van der Waals surface area contributed by atoms with Gasteiger partial charge in [-0.1, -0.05) is 29.8 Å². The summed E-state index contributed by atoms with van der Waals surface area (Å²) in [4.78, 5) is 23.9. The minimum absolute atomic E-state index is 0.285. The van der Waals surface area contributed by atoms with Gasteiger partial charge in [0.1, 0.15) is 5.52 Å². The third-order valence-corrected chi connectivity index (χ3v) is 5.11. The van der Waals surface area contributed by atoms with E-state index < -0.39 is 6.08 Å². The molecule has 0 fully saturated rings. The number of hydrogen-bond donors (Lipinski definition) is 2. The first-order valence-corrected chi connectivity index (χ1v) is 9.61. The molecule has 1 atom stereocenters. The largest absolute Gasteiger partial charge is 0.361 e. The third kappa shape index (κ3) is 3.21. The second-order valence-corrected chi connectivity index (χ2v) is 7.17. The second-order valence-electron chi connectivity index (χ2n) is 6.76. The molecule has 0 aliphatic heterocycles. The van der Waals surface area contributed by atoms with Gasteiger partial charge >= 0.3 is 6.08 Å². The number of aromatic amines is 1. The van der Waals surface area contributed by atoms with Gasteiger partial charge in [-0.3, -0.25) is 4.98 Å². The van der Waals surface area contributed by atoms with E-state index in [1.165, 1.54) is 6.33 Å². The van der Waals surface area contributed by atoms with Crippen LogP contribution in [-0.4, -0.2) is 29.9 Å². The summed E-state index contributed by atoms with van der Waals surface area (Å²) in [6.07, 6.45) is 2.32. The molecule has 0 saturated carbocycles. The lowest BCUT2D eigenvalue weighted by molar-refractivity contribution is 0.544. The molecule has 0 bridgehead atoms. The number of anilines is 1. The first-order chi connectivity index (χ1) is 14.6. The Bertz CT molecular complexity index is 1370. The number of halogens is 2. The number of benzene rings is 1. The number of nitrogens with one attached hydrogen (secondary N) is 2. The van der Waals surface area contributed by atoms with Crippen molar-refractivity contribution in [3.8, 4) is 11.4 Å². The van der Waals surface area contributed by atoms with Crippen LogP contribution >= 0.6 is 11.6 Å². The van der Waals surface area contributed by atoms with Crippen molar-refractivity contribution in [1.82, 2.24) is 29.9 Å². The van der Waals surface area contributed by atoms with Gasteiger partial charge in [0.25, 0.3) is 0 Å². The second kappa shape index (κ2) is 7.31. The van der Waals surface area contributed by atoms with E-state index >= 15 is 0 Å². The number of pyridine rings is 2. The van der Waals surface area contributed by atoms with Crippen molar-refractivity contribution in [1.29, 1.82) is 0 Å². The van der Waals surface area contributed by atoms with Crippen molar-refractivity contribution in [2.24, 2.45) is 0 Å². The molecule has 148 valence electrons. The Kier molecular flexibility index (Phi) is 4.48. The van der Waals surface area contributed by atoms with Crippen LogP contribution in [0.2, 0.25) is 5.02 Å². The molecule has 0 aliphatic carbocycles. The fraction of sp³-hybridized carbons (Fsp3) is 0.0952. The fourth-order valence-electron chi connectivity index (χ4n) is 3.41. The molecule has 4 heterocycles. The van der Waals surface area contributed by atoms with E-state index in [1.807, 2.05) is 43.3 Å². The summed E-state index contributed by atoms with van der Waals surface area (Å²) in [6, 6.07) is 13.0. The van der Waals surface area contributed by atoms with Crippen molar-refractivity contribution in [2.75, 3.05) is 5.32 Å². The van der Waals surface area contributed by atoms with Gasteiger partial charge in [0.2, 0.25) is 0 Å². The molecule has 2 N–H and O–H groups in total. The number of nitrogens with zero attached hydrogens (tertiary/aromatic N) is 5. The number of aromatic nitrogens is 6. The summed E-state index contributed by atoms with van der Waals surface area (Å²) in [7, 11) is 0. The van der Waals surface area contributed by atoms with E-state index in [0.29, 0.717) is 38.9 Å². The predicted molar refractivity (Wildman–Crippen MR) is 114 cm³/mol. The normalized spacial score (nSPS) is 12.4. The minimum atomic E-state index is -0.838. The molecule has 30 heavy (non-hydrogen) atoms. The van der Waals surface area contributed by atoms with E-state index in [1.54, 1.807) is 12.3 Å². The topological polar surface area (TPSA) is 92.3 Å². The van der Waals surface area contributed by atoms with Crippen LogP contribution in [0.3, 0.4) is 0 Å². The molecule has 5 aromatic rings. The summed E-state index contributed by atoms with van der Waals surface area (Å²) in [6.45, 7) is 1.94. The molecule has 0 aliphatic rings. The van der Waals surface area contributed by atoms with Crippen LogP contribution in [-0.2, 0) is 0 Å². The van der Waals surface area contributed by atoms with Crippen LogP contribution in [0.25, 0.3) is 33.5 Å². The number of rotatable bonds is 4. The summed E-state index contributed by atoms with van der Waals surface area (Å²) >= 11 is 6.38. The molecule has 1 unspecified atom stereocenters. The van der Waals surface area contributed by atoms with E-state index in [9.17, 15) is 4.39 Å². The van der Waals surface area contributed by atoms with Gasteiger partial charge in [0, 0.05) is 17.1 Å². The lowest BCUT2D eigenvalue weighted by Crippen LogP contribution is -2.12. The smallest absolute Gasteiger partial charge is 0.312 e. The quantitative estimate of drug-likeness (QED) is 0.401. The summed E-state index contributed by atoms with van der Waals surface area (Å²) in [5, 5.41) is 4.70. The first kappa shape index (κ1) is 18.4. The monoisotopic (exact) mass is 419 g/mol. The number of para-hydroxylation sites is 1. The Morgan fingerprint density at radius 1 is 1.03 bits per heavy atom. The number of H-pyrrole nitrogens is 1. The molecule has 0 radical (unpaired) electrons. The summed E-state index contributed by atoms with van der Waals surface area (Å²) in [5.41, 5.74) is 3.74. The van der Waals surface area contributed by atoms with Crippen LogP contribution in [0.15, 0.2) is 55.0 Å². The van der Waals surface area contributed by atoms with Crippen molar-refractivity contribution >= 4 is 39.5 Å². The maximum atomic E-state index is 13.9. The summed E-state index contributed by atoms with van der Waals surface area (Å²) in [5.74, 6) is 0.296. The lowest BCUT2D eigenvalue weighted by Gasteiger charge is -2.19. The van der Waals surface area contributed by atoms with Gasteiger partial charge in [-0.2, -0.15) is 14.4 Å². The van der Waals surface area contributed by atoms with Gasteiger partial charge in [-0.05, 0) is 31.2 Å². The van der Waals surface area contributed by atoms with Crippen LogP contribution in [0.4, 0.5) is 10.2 Å². The van der Waals surface area contributed by atoms with Crippen LogP contribution in [0, 0.1) is 6.08 Å². The highest BCUT2D eigenvalue weighted by Crippen LogP contribution is 2.33.